The van der Waals surface area contributed by atoms with Crippen LogP contribution < -0.4 is 5.32 Å². The second kappa shape index (κ2) is 7.53. The van der Waals surface area contributed by atoms with Crippen molar-refractivity contribution in [1.82, 2.24) is 5.32 Å². The van der Waals surface area contributed by atoms with Crippen LogP contribution in [0.1, 0.15) is 78.1 Å². The molecule has 1 nitrogen and oxygen atoms in total. The van der Waals surface area contributed by atoms with Crippen LogP contribution in [0, 0.1) is 17.8 Å². The Morgan fingerprint density at radius 2 is 1.61 bits per heavy atom. The maximum Gasteiger partial charge on any atom is 0.00978 e. The molecule has 0 amide bonds. The van der Waals surface area contributed by atoms with Crippen LogP contribution in [0.25, 0.3) is 0 Å². The molecule has 2 aliphatic carbocycles. The second-order valence-electron chi connectivity index (χ2n) is 6.77. The van der Waals surface area contributed by atoms with Crippen LogP contribution in [0.5, 0.6) is 0 Å². The average Bonchev–Trinajstić information content (AvgIpc) is 3.20. The number of hydrogen-bond donors (Lipinski definition) is 1. The minimum Gasteiger partial charge on any atom is -0.314 e. The summed E-state index contributed by atoms with van der Waals surface area (Å²) in [5.74, 6) is 3.12. The Morgan fingerprint density at radius 3 is 2.17 bits per heavy atom. The van der Waals surface area contributed by atoms with Gasteiger partial charge >= 0.3 is 0 Å². The summed E-state index contributed by atoms with van der Waals surface area (Å²) in [5.41, 5.74) is 0. The largest absolute Gasteiger partial charge is 0.314 e. The van der Waals surface area contributed by atoms with E-state index in [1.54, 1.807) is 0 Å². The van der Waals surface area contributed by atoms with Crippen LogP contribution in [-0.4, -0.2) is 12.6 Å². The maximum absolute atomic E-state index is 3.78. The third kappa shape index (κ3) is 4.57. The Labute approximate surface area is 114 Å². The van der Waals surface area contributed by atoms with E-state index in [9.17, 15) is 0 Å². The first-order chi connectivity index (χ1) is 8.83. The lowest BCUT2D eigenvalue weighted by molar-refractivity contribution is 0.203. The van der Waals surface area contributed by atoms with Gasteiger partial charge in [-0.05, 0) is 43.6 Å². The van der Waals surface area contributed by atoms with Gasteiger partial charge in [0, 0.05) is 6.04 Å². The summed E-state index contributed by atoms with van der Waals surface area (Å²) in [6, 6.07) is 0.842. The third-order valence-electron chi connectivity index (χ3n) is 5.18. The Balaban J connectivity index is 1.71. The zero-order valence-electron chi connectivity index (χ0n) is 12.6. The van der Waals surface area contributed by atoms with E-state index in [2.05, 4.69) is 19.2 Å². The molecule has 0 aliphatic heterocycles. The van der Waals surface area contributed by atoms with Crippen LogP contribution in [0.3, 0.4) is 0 Å². The number of nitrogens with one attached hydrogen (secondary N) is 1. The molecule has 1 N–H and O–H groups in total. The van der Waals surface area contributed by atoms with Crippen molar-refractivity contribution >= 4 is 0 Å². The van der Waals surface area contributed by atoms with Crippen molar-refractivity contribution in [3.05, 3.63) is 0 Å². The molecule has 1 atom stereocenters. The van der Waals surface area contributed by atoms with Crippen molar-refractivity contribution < 1.29 is 0 Å². The first-order valence-electron chi connectivity index (χ1n) is 8.56. The molecule has 2 aliphatic rings. The van der Waals surface area contributed by atoms with Crippen LogP contribution >= 0.6 is 0 Å². The highest BCUT2D eigenvalue weighted by molar-refractivity contribution is 4.87. The fourth-order valence-corrected chi connectivity index (χ4v) is 3.79. The molecule has 0 aromatic carbocycles. The highest BCUT2D eigenvalue weighted by Gasteiger charge is 2.31. The molecule has 0 saturated heterocycles. The summed E-state index contributed by atoms with van der Waals surface area (Å²) in [4.78, 5) is 0. The molecule has 18 heavy (non-hydrogen) atoms. The molecular weight excluding hydrogens is 218 g/mol. The van der Waals surface area contributed by atoms with Crippen molar-refractivity contribution in [3.63, 3.8) is 0 Å². The quantitative estimate of drug-likeness (QED) is 0.656. The summed E-state index contributed by atoms with van der Waals surface area (Å²) in [6.45, 7) is 5.75. The van der Waals surface area contributed by atoms with Crippen molar-refractivity contribution in [1.29, 1.82) is 0 Å². The number of unbranched alkanes of at least 4 members (excludes halogenated alkanes) is 1. The lowest BCUT2D eigenvalue weighted by Crippen LogP contribution is -2.38. The average molecular weight is 251 g/mol. The molecule has 2 rings (SSSR count). The summed E-state index contributed by atoms with van der Waals surface area (Å²) in [6.07, 6.45) is 14.8. The fraction of sp³-hybridized carbons (Fsp3) is 1.00. The molecule has 0 spiro atoms. The van der Waals surface area contributed by atoms with E-state index in [4.69, 9.17) is 0 Å². The summed E-state index contributed by atoms with van der Waals surface area (Å²) in [7, 11) is 0. The predicted molar refractivity (Wildman–Crippen MR) is 79.8 cm³/mol. The van der Waals surface area contributed by atoms with E-state index in [-0.39, 0.29) is 0 Å². The second-order valence-corrected chi connectivity index (χ2v) is 6.77. The van der Waals surface area contributed by atoms with Crippen molar-refractivity contribution in [2.45, 2.75) is 84.1 Å². The maximum atomic E-state index is 3.78. The Hall–Kier alpha value is -0.0400. The summed E-state index contributed by atoms with van der Waals surface area (Å²) in [5, 5.41) is 3.78. The topological polar surface area (TPSA) is 12.0 Å². The van der Waals surface area contributed by atoms with Crippen LogP contribution in [0.2, 0.25) is 0 Å². The van der Waals surface area contributed by atoms with Gasteiger partial charge in [0.05, 0.1) is 0 Å². The van der Waals surface area contributed by atoms with Gasteiger partial charge in [-0.15, -0.1) is 0 Å². The normalized spacial score (nSPS) is 30.3. The molecule has 0 aromatic rings. The highest BCUT2D eigenvalue weighted by atomic mass is 14.9. The van der Waals surface area contributed by atoms with E-state index >= 15 is 0 Å². The molecular formula is C17H33N. The van der Waals surface area contributed by atoms with E-state index in [0.29, 0.717) is 0 Å². The molecule has 0 aromatic heterocycles. The fourth-order valence-electron chi connectivity index (χ4n) is 3.79. The zero-order valence-corrected chi connectivity index (χ0v) is 12.6. The molecule has 2 saturated carbocycles. The van der Waals surface area contributed by atoms with Gasteiger partial charge in [0.2, 0.25) is 0 Å². The number of hydrogen-bond acceptors (Lipinski definition) is 1. The first-order valence-corrected chi connectivity index (χ1v) is 8.56. The van der Waals surface area contributed by atoms with Gasteiger partial charge in [0.25, 0.3) is 0 Å². The first kappa shape index (κ1) is 14.4. The smallest absolute Gasteiger partial charge is 0.00978 e. The number of rotatable bonds is 8. The summed E-state index contributed by atoms with van der Waals surface area (Å²) < 4.78 is 0. The summed E-state index contributed by atoms with van der Waals surface area (Å²) >= 11 is 0. The lowest BCUT2D eigenvalue weighted by atomic mass is 9.76. The Kier molecular flexibility index (Phi) is 6.01. The van der Waals surface area contributed by atoms with E-state index < -0.39 is 0 Å². The minimum absolute atomic E-state index is 0.842. The van der Waals surface area contributed by atoms with Gasteiger partial charge in [0.1, 0.15) is 0 Å². The van der Waals surface area contributed by atoms with Crippen molar-refractivity contribution in [3.8, 4) is 0 Å². The SMILES string of the molecule is CCCCC1CCC(C(CC2CC2)NCC)CC1. The van der Waals surface area contributed by atoms with Gasteiger partial charge in [-0.3, -0.25) is 0 Å². The lowest BCUT2D eigenvalue weighted by Gasteiger charge is -2.34. The van der Waals surface area contributed by atoms with Crippen molar-refractivity contribution in [2.24, 2.45) is 17.8 Å². The molecule has 0 radical (unpaired) electrons. The molecule has 0 heterocycles. The van der Waals surface area contributed by atoms with Crippen LogP contribution in [0.15, 0.2) is 0 Å². The van der Waals surface area contributed by atoms with Crippen LogP contribution in [0.4, 0.5) is 0 Å². The van der Waals surface area contributed by atoms with Gasteiger partial charge in [-0.1, -0.05) is 58.8 Å². The van der Waals surface area contributed by atoms with Gasteiger partial charge in [-0.2, -0.15) is 0 Å². The zero-order chi connectivity index (χ0) is 12.8. The van der Waals surface area contributed by atoms with E-state index in [0.717, 1.165) is 30.3 Å². The highest BCUT2D eigenvalue weighted by Crippen LogP contribution is 2.39. The van der Waals surface area contributed by atoms with Crippen LogP contribution in [-0.2, 0) is 0 Å². The van der Waals surface area contributed by atoms with E-state index in [1.807, 2.05) is 0 Å². The Morgan fingerprint density at radius 1 is 0.944 bits per heavy atom. The standard InChI is InChI=1S/C17H33N/c1-3-5-6-14-9-11-16(12-10-14)17(18-4-2)13-15-7-8-15/h14-18H,3-13H2,1-2H3. The van der Waals surface area contributed by atoms with Crippen molar-refractivity contribution in [2.75, 3.05) is 6.54 Å². The monoisotopic (exact) mass is 251 g/mol. The molecule has 1 heteroatoms. The Bertz CT molecular complexity index is 214. The van der Waals surface area contributed by atoms with Gasteiger partial charge in [-0.25, -0.2) is 0 Å². The molecule has 1 unspecified atom stereocenters. The molecule has 106 valence electrons. The minimum atomic E-state index is 0.842. The predicted octanol–water partition coefficient (Wildman–Crippen LogP) is 4.76. The molecule has 0 bridgehead atoms. The van der Waals surface area contributed by atoms with E-state index in [1.165, 1.54) is 64.2 Å². The van der Waals surface area contributed by atoms with Gasteiger partial charge in [0.15, 0.2) is 0 Å². The van der Waals surface area contributed by atoms with Gasteiger partial charge < -0.3 is 5.32 Å². The molecule has 2 fully saturated rings. The third-order valence-corrected chi connectivity index (χ3v) is 5.18.